The first-order chi connectivity index (χ1) is 11.5. The molecule has 5 nitrogen and oxygen atoms in total. The molecule has 0 fully saturated rings. The quantitative estimate of drug-likeness (QED) is 0.539. The second kappa shape index (κ2) is 8.42. The van der Waals surface area contributed by atoms with Crippen LogP contribution in [0.15, 0.2) is 35.2 Å². The summed E-state index contributed by atoms with van der Waals surface area (Å²) in [5.74, 6) is 2.14. The molecule has 2 N–H and O–H groups in total. The van der Waals surface area contributed by atoms with Gasteiger partial charge >= 0.3 is 0 Å². The topological polar surface area (TPSA) is 53.9 Å². The SMILES string of the molecule is CCc1cccc(C)c1CNC1=CN=C(C)[N+]1(C)CCOCCO. The molecule has 5 heteroatoms. The summed E-state index contributed by atoms with van der Waals surface area (Å²) in [4.78, 5) is 4.51. The highest BCUT2D eigenvalue weighted by atomic mass is 16.5. The average molecular weight is 332 g/mol. The van der Waals surface area contributed by atoms with Crippen LogP contribution in [0.5, 0.6) is 0 Å². The number of amidine groups is 1. The fraction of sp³-hybridized carbons (Fsp3) is 0.526. The molecule has 0 aromatic heterocycles. The summed E-state index contributed by atoms with van der Waals surface area (Å²) < 4.78 is 6.07. The molecule has 0 bridgehead atoms. The van der Waals surface area contributed by atoms with E-state index in [1.165, 1.54) is 16.7 Å². The predicted octanol–water partition coefficient (Wildman–Crippen LogP) is 2.33. The Bertz CT molecular complexity index is 625. The Hall–Kier alpha value is -1.69. The van der Waals surface area contributed by atoms with E-state index in [0.717, 1.165) is 31.2 Å². The molecule has 1 aliphatic heterocycles. The van der Waals surface area contributed by atoms with E-state index in [1.807, 2.05) is 13.1 Å². The van der Waals surface area contributed by atoms with Crippen LogP contribution in [0.25, 0.3) is 0 Å². The molecule has 0 aliphatic carbocycles. The number of benzene rings is 1. The fourth-order valence-corrected chi connectivity index (χ4v) is 3.03. The van der Waals surface area contributed by atoms with Crippen LogP contribution in [0.2, 0.25) is 0 Å². The number of ether oxygens (including phenoxy) is 1. The second-order valence-electron chi connectivity index (χ2n) is 6.36. The minimum atomic E-state index is 0.0603. The number of aryl methyl sites for hydroxylation is 2. The first-order valence-corrected chi connectivity index (χ1v) is 8.64. The molecule has 0 saturated carbocycles. The van der Waals surface area contributed by atoms with E-state index < -0.39 is 0 Å². The summed E-state index contributed by atoms with van der Waals surface area (Å²) >= 11 is 0. The van der Waals surface area contributed by atoms with Crippen molar-refractivity contribution in [3.05, 3.63) is 46.9 Å². The van der Waals surface area contributed by atoms with Crippen molar-refractivity contribution in [3.63, 3.8) is 0 Å². The van der Waals surface area contributed by atoms with Crippen LogP contribution < -0.4 is 5.32 Å². The zero-order valence-electron chi connectivity index (χ0n) is 15.3. The summed E-state index contributed by atoms with van der Waals surface area (Å²) in [6.07, 6.45) is 2.96. The minimum absolute atomic E-state index is 0.0603. The Labute approximate surface area is 145 Å². The summed E-state index contributed by atoms with van der Waals surface area (Å²) in [6, 6.07) is 6.49. The van der Waals surface area contributed by atoms with E-state index in [2.05, 4.69) is 49.4 Å². The Balaban J connectivity index is 2.04. The molecule has 0 spiro atoms. The van der Waals surface area contributed by atoms with Crippen molar-refractivity contribution in [2.45, 2.75) is 33.7 Å². The van der Waals surface area contributed by atoms with Crippen LogP contribution in [-0.2, 0) is 17.7 Å². The van der Waals surface area contributed by atoms with Crippen LogP contribution in [0.3, 0.4) is 0 Å². The number of aliphatic hydroxyl groups excluding tert-OH is 1. The van der Waals surface area contributed by atoms with Gasteiger partial charge < -0.3 is 15.2 Å². The lowest BCUT2D eigenvalue weighted by Crippen LogP contribution is -2.50. The first-order valence-electron chi connectivity index (χ1n) is 8.64. The largest absolute Gasteiger partial charge is 0.394 e. The van der Waals surface area contributed by atoms with Gasteiger partial charge in [0, 0.05) is 13.5 Å². The summed E-state index contributed by atoms with van der Waals surface area (Å²) in [7, 11) is 2.14. The van der Waals surface area contributed by atoms with Gasteiger partial charge in [-0.15, -0.1) is 0 Å². The number of quaternary nitrogens is 1. The molecular formula is C19H30N3O2+. The number of aliphatic hydroxyl groups is 1. The lowest BCUT2D eigenvalue weighted by atomic mass is 10.00. The van der Waals surface area contributed by atoms with E-state index in [1.54, 1.807) is 0 Å². The van der Waals surface area contributed by atoms with Crippen LogP contribution in [-0.4, -0.2) is 48.8 Å². The Kier molecular flexibility index (Phi) is 6.54. The summed E-state index contributed by atoms with van der Waals surface area (Å²) in [5, 5.41) is 12.4. The van der Waals surface area contributed by atoms with Gasteiger partial charge in [-0.2, -0.15) is 0 Å². The maximum absolute atomic E-state index is 8.83. The second-order valence-corrected chi connectivity index (χ2v) is 6.36. The van der Waals surface area contributed by atoms with Gasteiger partial charge in [0.25, 0.3) is 0 Å². The van der Waals surface area contributed by atoms with Crippen LogP contribution in [0.1, 0.15) is 30.5 Å². The molecule has 132 valence electrons. The normalized spacial score (nSPS) is 20.0. The molecule has 0 amide bonds. The lowest BCUT2D eigenvalue weighted by molar-refractivity contribution is -0.783. The van der Waals surface area contributed by atoms with Crippen molar-refractivity contribution < 1.29 is 14.3 Å². The Morgan fingerprint density at radius 1 is 1.25 bits per heavy atom. The molecule has 2 rings (SSSR count). The van der Waals surface area contributed by atoms with Gasteiger partial charge in [0.1, 0.15) is 12.7 Å². The Morgan fingerprint density at radius 3 is 2.75 bits per heavy atom. The van der Waals surface area contributed by atoms with Gasteiger partial charge in [0.2, 0.25) is 11.7 Å². The van der Waals surface area contributed by atoms with Crippen molar-refractivity contribution in [2.75, 3.05) is 33.4 Å². The van der Waals surface area contributed by atoms with Gasteiger partial charge in [-0.3, -0.25) is 0 Å². The molecule has 0 saturated heterocycles. The fourth-order valence-electron chi connectivity index (χ4n) is 3.03. The standard InChI is InChI=1S/C19H30N3O2/c1-5-17-8-6-7-15(2)18(17)13-21-19-14-20-16(3)22(19,4)9-11-24-12-10-23/h6-8,14,21,23H,5,9-13H2,1-4H3/q+1. The molecule has 1 aliphatic rings. The highest BCUT2D eigenvalue weighted by Gasteiger charge is 2.35. The number of rotatable bonds is 9. The third-order valence-electron chi connectivity index (χ3n) is 4.87. The maximum Gasteiger partial charge on any atom is 0.226 e. The van der Waals surface area contributed by atoms with Crippen molar-refractivity contribution in [1.29, 1.82) is 0 Å². The zero-order chi connectivity index (χ0) is 17.6. The van der Waals surface area contributed by atoms with Gasteiger partial charge in [-0.1, -0.05) is 25.1 Å². The van der Waals surface area contributed by atoms with Gasteiger partial charge in [0.05, 0.1) is 26.9 Å². The average Bonchev–Trinajstić information content (AvgIpc) is 2.85. The number of hydrogen-bond donors (Lipinski definition) is 2. The van der Waals surface area contributed by atoms with Crippen molar-refractivity contribution in [3.8, 4) is 0 Å². The molecule has 0 radical (unpaired) electrons. The Morgan fingerprint density at radius 2 is 2.04 bits per heavy atom. The smallest absolute Gasteiger partial charge is 0.226 e. The number of hydrogen-bond acceptors (Lipinski definition) is 4. The van der Waals surface area contributed by atoms with E-state index >= 15 is 0 Å². The number of aliphatic imine (C=N–C) groups is 1. The highest BCUT2D eigenvalue weighted by Crippen LogP contribution is 2.22. The third-order valence-corrected chi connectivity index (χ3v) is 4.87. The number of nitrogens with zero attached hydrogens (tertiary/aromatic N) is 2. The van der Waals surface area contributed by atoms with Gasteiger partial charge in [-0.25, -0.2) is 9.48 Å². The highest BCUT2D eigenvalue weighted by molar-refractivity contribution is 5.76. The van der Waals surface area contributed by atoms with E-state index in [9.17, 15) is 0 Å². The molecule has 1 unspecified atom stereocenters. The molecule has 1 heterocycles. The predicted molar refractivity (Wildman–Crippen MR) is 97.5 cm³/mol. The molecular weight excluding hydrogens is 302 g/mol. The van der Waals surface area contributed by atoms with Crippen molar-refractivity contribution in [1.82, 2.24) is 5.32 Å². The zero-order valence-corrected chi connectivity index (χ0v) is 15.3. The number of nitrogens with one attached hydrogen (secondary N) is 1. The lowest BCUT2D eigenvalue weighted by Gasteiger charge is -2.31. The van der Waals surface area contributed by atoms with E-state index in [4.69, 9.17) is 9.84 Å². The molecule has 1 aromatic rings. The monoisotopic (exact) mass is 332 g/mol. The van der Waals surface area contributed by atoms with Gasteiger partial charge in [0.15, 0.2) is 0 Å². The van der Waals surface area contributed by atoms with E-state index in [-0.39, 0.29) is 6.61 Å². The third kappa shape index (κ3) is 4.04. The van der Waals surface area contributed by atoms with Crippen LogP contribution >= 0.6 is 0 Å². The van der Waals surface area contributed by atoms with Crippen molar-refractivity contribution >= 4 is 5.84 Å². The maximum atomic E-state index is 8.83. The van der Waals surface area contributed by atoms with Crippen molar-refractivity contribution in [2.24, 2.45) is 4.99 Å². The molecule has 1 atom stereocenters. The van der Waals surface area contributed by atoms with Crippen LogP contribution in [0.4, 0.5) is 0 Å². The number of likely N-dealkylation sites (N-methyl/N-ethyl adjacent to an activating group) is 1. The molecule has 1 aromatic carbocycles. The van der Waals surface area contributed by atoms with Gasteiger partial charge in [-0.05, 0) is 30.0 Å². The molecule has 24 heavy (non-hydrogen) atoms. The van der Waals surface area contributed by atoms with E-state index in [0.29, 0.717) is 17.7 Å². The first kappa shape index (κ1) is 18.6. The minimum Gasteiger partial charge on any atom is -0.394 e. The summed E-state index contributed by atoms with van der Waals surface area (Å²) in [5.41, 5.74) is 4.08. The summed E-state index contributed by atoms with van der Waals surface area (Å²) in [6.45, 7) is 9.03. The van der Waals surface area contributed by atoms with Crippen LogP contribution in [0, 0.1) is 6.92 Å².